The van der Waals surface area contributed by atoms with Crippen molar-refractivity contribution in [3.05, 3.63) is 17.2 Å². The standard InChI is InChI=1S/C13H18O4/c1-5-6-17-12-10(8-14)9(2)7-11(15-3)13(12)16-4/h7-8H,5-6H2,1-4H3. The summed E-state index contributed by atoms with van der Waals surface area (Å²) in [7, 11) is 3.09. The molecule has 1 aromatic carbocycles. The Bertz CT molecular complexity index is 399. The van der Waals surface area contributed by atoms with Crippen LogP contribution in [0.3, 0.4) is 0 Å². The van der Waals surface area contributed by atoms with Crippen LogP contribution >= 0.6 is 0 Å². The largest absolute Gasteiger partial charge is 0.493 e. The van der Waals surface area contributed by atoms with E-state index in [0.717, 1.165) is 18.3 Å². The quantitative estimate of drug-likeness (QED) is 0.715. The summed E-state index contributed by atoms with van der Waals surface area (Å²) in [5, 5.41) is 0. The van der Waals surface area contributed by atoms with E-state index in [2.05, 4.69) is 0 Å². The van der Waals surface area contributed by atoms with E-state index in [9.17, 15) is 4.79 Å². The van der Waals surface area contributed by atoms with Crippen LogP contribution in [0.2, 0.25) is 0 Å². The number of hydrogen-bond acceptors (Lipinski definition) is 4. The lowest BCUT2D eigenvalue weighted by Gasteiger charge is -2.16. The highest BCUT2D eigenvalue weighted by Crippen LogP contribution is 2.41. The zero-order chi connectivity index (χ0) is 12.8. The molecule has 1 rings (SSSR count). The van der Waals surface area contributed by atoms with E-state index in [-0.39, 0.29) is 0 Å². The smallest absolute Gasteiger partial charge is 0.204 e. The van der Waals surface area contributed by atoms with Crippen molar-refractivity contribution in [3.63, 3.8) is 0 Å². The summed E-state index contributed by atoms with van der Waals surface area (Å²) in [6, 6.07) is 1.77. The molecule has 0 aliphatic heterocycles. The number of ether oxygens (including phenoxy) is 3. The Morgan fingerprint density at radius 2 is 1.94 bits per heavy atom. The summed E-state index contributed by atoms with van der Waals surface area (Å²) in [6.45, 7) is 4.37. The van der Waals surface area contributed by atoms with Gasteiger partial charge in [-0.15, -0.1) is 0 Å². The summed E-state index contributed by atoms with van der Waals surface area (Å²) in [6.07, 6.45) is 1.64. The number of aldehydes is 1. The van der Waals surface area contributed by atoms with Crippen molar-refractivity contribution in [2.45, 2.75) is 20.3 Å². The molecular weight excluding hydrogens is 220 g/mol. The average molecular weight is 238 g/mol. The maximum absolute atomic E-state index is 11.1. The molecule has 0 saturated carbocycles. The maximum Gasteiger partial charge on any atom is 0.204 e. The number of methoxy groups -OCH3 is 2. The summed E-state index contributed by atoms with van der Waals surface area (Å²) in [5.41, 5.74) is 1.32. The fraction of sp³-hybridized carbons (Fsp3) is 0.462. The summed E-state index contributed by atoms with van der Waals surface area (Å²) >= 11 is 0. The van der Waals surface area contributed by atoms with Crippen molar-refractivity contribution in [1.29, 1.82) is 0 Å². The van der Waals surface area contributed by atoms with Crippen LogP contribution in [-0.4, -0.2) is 27.1 Å². The van der Waals surface area contributed by atoms with E-state index in [1.165, 1.54) is 7.11 Å². The van der Waals surface area contributed by atoms with Gasteiger partial charge in [0.25, 0.3) is 0 Å². The fourth-order valence-electron chi connectivity index (χ4n) is 1.59. The summed E-state index contributed by atoms with van der Waals surface area (Å²) in [4.78, 5) is 11.1. The molecule has 17 heavy (non-hydrogen) atoms. The second kappa shape index (κ2) is 6.13. The van der Waals surface area contributed by atoms with Crippen molar-refractivity contribution in [3.8, 4) is 17.2 Å². The number of rotatable bonds is 6. The van der Waals surface area contributed by atoms with Crippen LogP contribution in [0.5, 0.6) is 17.2 Å². The number of benzene rings is 1. The van der Waals surface area contributed by atoms with E-state index in [1.54, 1.807) is 13.2 Å². The van der Waals surface area contributed by atoms with Gasteiger partial charge in [0, 0.05) is 0 Å². The Morgan fingerprint density at radius 3 is 2.41 bits per heavy atom. The van der Waals surface area contributed by atoms with Gasteiger partial charge in [0.2, 0.25) is 5.75 Å². The van der Waals surface area contributed by atoms with E-state index in [4.69, 9.17) is 14.2 Å². The van der Waals surface area contributed by atoms with Crippen molar-refractivity contribution < 1.29 is 19.0 Å². The van der Waals surface area contributed by atoms with Crippen LogP contribution < -0.4 is 14.2 Å². The minimum atomic E-state index is 0.459. The number of hydrogen-bond donors (Lipinski definition) is 0. The molecule has 0 amide bonds. The second-order valence-corrected chi connectivity index (χ2v) is 3.64. The van der Waals surface area contributed by atoms with Gasteiger partial charge in [0.05, 0.1) is 26.4 Å². The van der Waals surface area contributed by atoms with Gasteiger partial charge in [-0.3, -0.25) is 4.79 Å². The molecule has 0 aliphatic rings. The van der Waals surface area contributed by atoms with Gasteiger partial charge < -0.3 is 14.2 Å². The highest BCUT2D eigenvalue weighted by molar-refractivity contribution is 5.85. The molecule has 0 heterocycles. The predicted molar refractivity (Wildman–Crippen MR) is 65.5 cm³/mol. The first-order chi connectivity index (χ1) is 8.19. The molecule has 0 atom stereocenters. The molecule has 0 aliphatic carbocycles. The number of aryl methyl sites for hydroxylation is 1. The normalized spacial score (nSPS) is 9.88. The Morgan fingerprint density at radius 1 is 1.24 bits per heavy atom. The van der Waals surface area contributed by atoms with Crippen molar-refractivity contribution >= 4 is 6.29 Å². The lowest BCUT2D eigenvalue weighted by atomic mass is 10.1. The minimum absolute atomic E-state index is 0.459. The molecule has 0 spiro atoms. The molecule has 0 bridgehead atoms. The molecule has 4 nitrogen and oxygen atoms in total. The Balaban J connectivity index is 3.35. The fourth-order valence-corrected chi connectivity index (χ4v) is 1.59. The maximum atomic E-state index is 11.1. The molecule has 0 fully saturated rings. The van der Waals surface area contributed by atoms with Crippen LogP contribution in [0, 0.1) is 6.92 Å². The van der Waals surface area contributed by atoms with Crippen LogP contribution in [0.15, 0.2) is 6.07 Å². The zero-order valence-electron chi connectivity index (χ0n) is 10.7. The van der Waals surface area contributed by atoms with Gasteiger partial charge in [0.15, 0.2) is 17.8 Å². The van der Waals surface area contributed by atoms with Crippen LogP contribution in [0.25, 0.3) is 0 Å². The van der Waals surface area contributed by atoms with Crippen LogP contribution in [-0.2, 0) is 0 Å². The molecule has 0 radical (unpaired) electrons. The molecule has 0 N–H and O–H groups in total. The highest BCUT2D eigenvalue weighted by atomic mass is 16.5. The Hall–Kier alpha value is -1.71. The molecule has 0 saturated heterocycles. The average Bonchev–Trinajstić information content (AvgIpc) is 2.35. The lowest BCUT2D eigenvalue weighted by Crippen LogP contribution is -2.04. The van der Waals surface area contributed by atoms with Crippen LogP contribution in [0.1, 0.15) is 29.3 Å². The number of carbonyl (C=O) groups is 1. The SMILES string of the molecule is CCCOc1c(C=O)c(C)cc(OC)c1OC. The topological polar surface area (TPSA) is 44.8 Å². The predicted octanol–water partition coefficient (Wildman–Crippen LogP) is 2.61. The van der Waals surface area contributed by atoms with Gasteiger partial charge in [-0.2, -0.15) is 0 Å². The monoisotopic (exact) mass is 238 g/mol. The first kappa shape index (κ1) is 13.4. The van der Waals surface area contributed by atoms with Gasteiger partial charge in [0.1, 0.15) is 0 Å². The van der Waals surface area contributed by atoms with Gasteiger partial charge >= 0.3 is 0 Å². The molecule has 0 aromatic heterocycles. The van der Waals surface area contributed by atoms with Crippen molar-refractivity contribution in [1.82, 2.24) is 0 Å². The molecular formula is C13H18O4. The van der Waals surface area contributed by atoms with Gasteiger partial charge in [-0.25, -0.2) is 0 Å². The molecule has 94 valence electrons. The summed E-state index contributed by atoms with van der Waals surface area (Å²) < 4.78 is 16.1. The minimum Gasteiger partial charge on any atom is -0.493 e. The van der Waals surface area contributed by atoms with E-state index in [1.807, 2.05) is 13.8 Å². The summed E-state index contributed by atoms with van der Waals surface area (Å²) in [5.74, 6) is 1.50. The van der Waals surface area contributed by atoms with Gasteiger partial charge in [-0.05, 0) is 25.0 Å². The third-order valence-electron chi connectivity index (χ3n) is 2.44. The van der Waals surface area contributed by atoms with E-state index >= 15 is 0 Å². The Kier molecular flexibility index (Phi) is 4.82. The van der Waals surface area contributed by atoms with Crippen molar-refractivity contribution in [2.24, 2.45) is 0 Å². The molecule has 0 unspecified atom stereocenters. The third kappa shape index (κ3) is 2.70. The first-order valence-electron chi connectivity index (χ1n) is 5.53. The lowest BCUT2D eigenvalue weighted by molar-refractivity contribution is 0.111. The Labute approximate surface area is 101 Å². The van der Waals surface area contributed by atoms with E-state index in [0.29, 0.717) is 29.4 Å². The van der Waals surface area contributed by atoms with Crippen molar-refractivity contribution in [2.75, 3.05) is 20.8 Å². The highest BCUT2D eigenvalue weighted by Gasteiger charge is 2.18. The second-order valence-electron chi connectivity index (χ2n) is 3.64. The first-order valence-corrected chi connectivity index (χ1v) is 5.53. The zero-order valence-corrected chi connectivity index (χ0v) is 10.7. The number of carbonyl (C=O) groups excluding carboxylic acids is 1. The van der Waals surface area contributed by atoms with Gasteiger partial charge in [-0.1, -0.05) is 6.92 Å². The third-order valence-corrected chi connectivity index (χ3v) is 2.44. The van der Waals surface area contributed by atoms with E-state index < -0.39 is 0 Å². The molecule has 4 heteroatoms. The van der Waals surface area contributed by atoms with Crippen LogP contribution in [0.4, 0.5) is 0 Å². The molecule has 1 aromatic rings.